The molecule has 0 unspecified atom stereocenters. The molecule has 0 amide bonds. The Balaban J connectivity index is 2.42. The summed E-state index contributed by atoms with van der Waals surface area (Å²) in [7, 11) is 0. The monoisotopic (exact) mass is 257 g/mol. The van der Waals surface area contributed by atoms with E-state index in [9.17, 15) is 10.1 Å². The van der Waals surface area contributed by atoms with E-state index < -0.39 is 4.92 Å². The number of rotatable bonds is 5. The van der Waals surface area contributed by atoms with Gasteiger partial charge in [-0.3, -0.25) is 10.1 Å². The average Bonchev–Trinajstić information content (AvgIpc) is 2.45. The van der Waals surface area contributed by atoms with Gasteiger partial charge in [0.2, 0.25) is 0 Å². The minimum absolute atomic E-state index is 0.0486. The van der Waals surface area contributed by atoms with Crippen molar-refractivity contribution >= 4 is 11.5 Å². The number of hydrogen-bond acceptors (Lipinski definition) is 4. The highest BCUT2D eigenvalue weighted by Crippen LogP contribution is 2.24. The Labute approximate surface area is 111 Å². The van der Waals surface area contributed by atoms with Gasteiger partial charge in [-0.25, -0.2) is 4.98 Å². The Kier molecular flexibility index (Phi) is 4.07. The van der Waals surface area contributed by atoms with E-state index in [0.717, 1.165) is 18.5 Å². The fraction of sp³-hybridized carbons (Fsp3) is 0.214. The third-order valence-electron chi connectivity index (χ3n) is 2.65. The van der Waals surface area contributed by atoms with Crippen LogP contribution in [0.15, 0.2) is 42.5 Å². The molecule has 0 saturated heterocycles. The highest BCUT2D eigenvalue weighted by molar-refractivity contribution is 5.65. The smallest absolute Gasteiger partial charge is 0.275 e. The summed E-state index contributed by atoms with van der Waals surface area (Å²) >= 11 is 0. The molecule has 1 N–H and O–H groups in total. The second-order valence-corrected chi connectivity index (χ2v) is 4.15. The normalized spacial score (nSPS) is 10.2. The van der Waals surface area contributed by atoms with Crippen molar-refractivity contribution in [2.75, 3.05) is 11.9 Å². The third kappa shape index (κ3) is 3.28. The molecular formula is C14H15N3O2. The molecule has 1 aromatic carbocycles. The molecule has 19 heavy (non-hydrogen) atoms. The molecule has 1 aromatic heterocycles. The molecule has 0 bridgehead atoms. The zero-order chi connectivity index (χ0) is 13.7. The van der Waals surface area contributed by atoms with E-state index in [1.54, 1.807) is 0 Å². The van der Waals surface area contributed by atoms with E-state index in [2.05, 4.69) is 10.3 Å². The fourth-order valence-corrected chi connectivity index (χ4v) is 1.72. The van der Waals surface area contributed by atoms with E-state index in [0.29, 0.717) is 11.5 Å². The van der Waals surface area contributed by atoms with Crippen LogP contribution in [-0.4, -0.2) is 16.5 Å². The third-order valence-corrected chi connectivity index (χ3v) is 2.65. The van der Waals surface area contributed by atoms with Gasteiger partial charge in [0.1, 0.15) is 5.82 Å². The van der Waals surface area contributed by atoms with Crippen LogP contribution < -0.4 is 5.32 Å². The van der Waals surface area contributed by atoms with Crippen molar-refractivity contribution in [3.63, 3.8) is 0 Å². The van der Waals surface area contributed by atoms with Crippen molar-refractivity contribution in [2.45, 2.75) is 13.3 Å². The van der Waals surface area contributed by atoms with Crippen LogP contribution in [0.25, 0.3) is 11.3 Å². The molecule has 0 atom stereocenters. The van der Waals surface area contributed by atoms with Gasteiger partial charge in [0.25, 0.3) is 5.69 Å². The van der Waals surface area contributed by atoms with Crippen molar-refractivity contribution in [1.82, 2.24) is 4.98 Å². The molecule has 0 fully saturated rings. The number of benzene rings is 1. The Morgan fingerprint density at radius 1 is 1.26 bits per heavy atom. The first kappa shape index (κ1) is 13.0. The Morgan fingerprint density at radius 2 is 2.00 bits per heavy atom. The van der Waals surface area contributed by atoms with Gasteiger partial charge >= 0.3 is 0 Å². The maximum Gasteiger partial charge on any atom is 0.275 e. The molecule has 2 aromatic rings. The lowest BCUT2D eigenvalue weighted by molar-refractivity contribution is -0.384. The number of hydrogen-bond donors (Lipinski definition) is 1. The van der Waals surface area contributed by atoms with Crippen molar-refractivity contribution in [1.29, 1.82) is 0 Å². The summed E-state index contributed by atoms with van der Waals surface area (Å²) in [5, 5.41) is 14.0. The second-order valence-electron chi connectivity index (χ2n) is 4.15. The van der Waals surface area contributed by atoms with Crippen LogP contribution in [0.4, 0.5) is 11.5 Å². The summed E-state index contributed by atoms with van der Waals surface area (Å²) in [6.45, 7) is 2.77. The molecule has 5 nitrogen and oxygen atoms in total. The first-order chi connectivity index (χ1) is 9.20. The number of nitro groups is 1. The van der Waals surface area contributed by atoms with Gasteiger partial charge in [0.15, 0.2) is 0 Å². The minimum Gasteiger partial charge on any atom is -0.370 e. The standard InChI is InChI=1S/C14H15N3O2/c1-2-8-15-14-10-12(17(18)19)9-13(16-14)11-6-4-3-5-7-11/h3-7,9-10H,2,8H2,1H3,(H,15,16). The van der Waals surface area contributed by atoms with Crippen LogP contribution >= 0.6 is 0 Å². The van der Waals surface area contributed by atoms with Crippen LogP contribution in [0.1, 0.15) is 13.3 Å². The molecule has 5 heteroatoms. The Hall–Kier alpha value is -2.43. The first-order valence-corrected chi connectivity index (χ1v) is 6.16. The zero-order valence-corrected chi connectivity index (χ0v) is 10.7. The zero-order valence-electron chi connectivity index (χ0n) is 10.7. The van der Waals surface area contributed by atoms with Gasteiger partial charge in [-0.1, -0.05) is 37.3 Å². The number of nitrogens with zero attached hydrogens (tertiary/aromatic N) is 2. The Morgan fingerprint density at radius 3 is 2.63 bits per heavy atom. The molecule has 98 valence electrons. The topological polar surface area (TPSA) is 68.1 Å². The van der Waals surface area contributed by atoms with Gasteiger partial charge < -0.3 is 5.32 Å². The highest BCUT2D eigenvalue weighted by atomic mass is 16.6. The molecule has 0 aliphatic rings. The first-order valence-electron chi connectivity index (χ1n) is 6.16. The molecule has 0 saturated carbocycles. The second kappa shape index (κ2) is 5.95. The lowest BCUT2D eigenvalue weighted by Crippen LogP contribution is -2.03. The lowest BCUT2D eigenvalue weighted by atomic mass is 10.1. The van der Waals surface area contributed by atoms with Gasteiger partial charge in [0, 0.05) is 18.2 Å². The molecule has 0 aliphatic heterocycles. The maximum absolute atomic E-state index is 11.0. The van der Waals surface area contributed by atoms with Crippen LogP contribution in [0, 0.1) is 10.1 Å². The van der Waals surface area contributed by atoms with E-state index in [1.807, 2.05) is 37.3 Å². The number of anilines is 1. The lowest BCUT2D eigenvalue weighted by Gasteiger charge is -2.07. The van der Waals surface area contributed by atoms with Gasteiger partial charge in [-0.15, -0.1) is 0 Å². The van der Waals surface area contributed by atoms with Crippen LogP contribution in [0.5, 0.6) is 0 Å². The van der Waals surface area contributed by atoms with Gasteiger partial charge in [0.05, 0.1) is 16.7 Å². The summed E-state index contributed by atoms with van der Waals surface area (Å²) in [5.74, 6) is 0.537. The fourth-order valence-electron chi connectivity index (χ4n) is 1.72. The number of aromatic nitrogens is 1. The minimum atomic E-state index is -0.398. The summed E-state index contributed by atoms with van der Waals surface area (Å²) in [6.07, 6.45) is 0.936. The quantitative estimate of drug-likeness (QED) is 0.657. The summed E-state index contributed by atoms with van der Waals surface area (Å²) in [6, 6.07) is 12.4. The van der Waals surface area contributed by atoms with E-state index in [-0.39, 0.29) is 5.69 Å². The van der Waals surface area contributed by atoms with Gasteiger partial charge in [-0.05, 0) is 6.42 Å². The van der Waals surface area contributed by atoms with Crippen LogP contribution in [0.2, 0.25) is 0 Å². The SMILES string of the molecule is CCCNc1cc([N+](=O)[O-])cc(-c2ccccc2)n1. The molecular weight excluding hydrogens is 242 g/mol. The van der Waals surface area contributed by atoms with Crippen LogP contribution in [-0.2, 0) is 0 Å². The summed E-state index contributed by atoms with van der Waals surface area (Å²) < 4.78 is 0. The Bertz CT molecular complexity index is 570. The predicted molar refractivity (Wildman–Crippen MR) is 75.1 cm³/mol. The molecule has 0 radical (unpaired) electrons. The van der Waals surface area contributed by atoms with E-state index in [1.165, 1.54) is 12.1 Å². The molecule has 1 heterocycles. The van der Waals surface area contributed by atoms with Gasteiger partial charge in [-0.2, -0.15) is 0 Å². The summed E-state index contributed by atoms with van der Waals surface area (Å²) in [5.41, 5.74) is 1.52. The van der Waals surface area contributed by atoms with Crippen molar-refractivity contribution in [2.24, 2.45) is 0 Å². The average molecular weight is 257 g/mol. The molecule has 0 spiro atoms. The van der Waals surface area contributed by atoms with Crippen LogP contribution in [0.3, 0.4) is 0 Å². The van der Waals surface area contributed by atoms with E-state index >= 15 is 0 Å². The van der Waals surface area contributed by atoms with Crippen molar-refractivity contribution in [3.05, 3.63) is 52.6 Å². The summed E-state index contributed by atoms with van der Waals surface area (Å²) in [4.78, 5) is 15.0. The number of nitrogens with one attached hydrogen (secondary N) is 1. The number of pyridine rings is 1. The van der Waals surface area contributed by atoms with Crippen molar-refractivity contribution in [3.8, 4) is 11.3 Å². The largest absolute Gasteiger partial charge is 0.370 e. The molecule has 0 aliphatic carbocycles. The predicted octanol–water partition coefficient (Wildman–Crippen LogP) is 3.48. The van der Waals surface area contributed by atoms with Crippen molar-refractivity contribution < 1.29 is 4.92 Å². The molecule has 2 rings (SSSR count). The highest BCUT2D eigenvalue weighted by Gasteiger charge is 2.12. The van der Waals surface area contributed by atoms with E-state index in [4.69, 9.17) is 0 Å². The maximum atomic E-state index is 11.0.